The number of anilines is 1. The molecule has 1 aliphatic heterocycles. The number of nitrogens with zero attached hydrogens (tertiary/aromatic N) is 1. The SMILES string of the molecule is O=C1[C@@H]2[C@@H]3C=C[C@H]([C@H]4C[C@H]34)[C@@H]2C(=O)N1CNc1ccc(Cl)cc1. The van der Waals surface area contributed by atoms with Gasteiger partial charge in [0.2, 0.25) is 11.8 Å². The fourth-order valence-electron chi connectivity index (χ4n) is 4.91. The molecule has 3 fully saturated rings. The minimum atomic E-state index is -0.117. The van der Waals surface area contributed by atoms with Crippen LogP contribution in [0.3, 0.4) is 0 Å². The van der Waals surface area contributed by atoms with Crippen LogP contribution in [0.15, 0.2) is 36.4 Å². The zero-order valence-electron chi connectivity index (χ0n) is 12.5. The van der Waals surface area contributed by atoms with Crippen LogP contribution in [0.5, 0.6) is 0 Å². The third kappa shape index (κ3) is 1.84. The molecule has 6 atom stereocenters. The van der Waals surface area contributed by atoms with Gasteiger partial charge in [-0.3, -0.25) is 14.5 Å². The summed E-state index contributed by atoms with van der Waals surface area (Å²) in [6, 6.07) is 7.27. The summed E-state index contributed by atoms with van der Waals surface area (Å²) >= 11 is 5.87. The van der Waals surface area contributed by atoms with Crippen molar-refractivity contribution in [1.82, 2.24) is 4.90 Å². The molecular weight excluding hydrogens is 312 g/mol. The molecule has 5 heteroatoms. The summed E-state index contributed by atoms with van der Waals surface area (Å²) in [5, 5.41) is 3.83. The molecule has 0 spiro atoms. The van der Waals surface area contributed by atoms with Crippen LogP contribution in [0.25, 0.3) is 0 Å². The first kappa shape index (κ1) is 13.6. The van der Waals surface area contributed by atoms with E-state index in [2.05, 4.69) is 17.5 Å². The molecule has 2 amide bonds. The number of allylic oxidation sites excluding steroid dienone is 2. The Balaban J connectivity index is 1.36. The van der Waals surface area contributed by atoms with E-state index in [4.69, 9.17) is 11.6 Å². The number of imide groups is 1. The van der Waals surface area contributed by atoms with E-state index in [-0.39, 0.29) is 42.2 Å². The predicted molar refractivity (Wildman–Crippen MR) is 86.5 cm³/mol. The van der Waals surface area contributed by atoms with Gasteiger partial charge < -0.3 is 5.32 Å². The van der Waals surface area contributed by atoms with Gasteiger partial charge in [-0.1, -0.05) is 23.8 Å². The van der Waals surface area contributed by atoms with Crippen molar-refractivity contribution in [3.05, 3.63) is 41.4 Å². The molecule has 0 unspecified atom stereocenters. The first-order valence-electron chi connectivity index (χ1n) is 8.18. The topological polar surface area (TPSA) is 49.4 Å². The molecule has 0 radical (unpaired) electrons. The summed E-state index contributed by atoms with van der Waals surface area (Å²) < 4.78 is 0. The number of benzene rings is 1. The van der Waals surface area contributed by atoms with Gasteiger partial charge in [-0.25, -0.2) is 0 Å². The summed E-state index contributed by atoms with van der Waals surface area (Å²) in [4.78, 5) is 27.0. The van der Waals surface area contributed by atoms with E-state index in [0.717, 1.165) is 5.69 Å². The minimum absolute atomic E-state index is 0.00571. The maximum absolute atomic E-state index is 12.8. The Labute approximate surface area is 139 Å². The maximum Gasteiger partial charge on any atom is 0.235 e. The van der Waals surface area contributed by atoms with E-state index in [9.17, 15) is 9.59 Å². The van der Waals surface area contributed by atoms with E-state index < -0.39 is 0 Å². The van der Waals surface area contributed by atoms with Gasteiger partial charge in [-0.15, -0.1) is 0 Å². The highest BCUT2D eigenvalue weighted by Gasteiger charge is 2.66. The molecule has 4 aliphatic carbocycles. The van der Waals surface area contributed by atoms with Crippen molar-refractivity contribution in [2.45, 2.75) is 6.42 Å². The van der Waals surface area contributed by atoms with Gasteiger partial charge in [0, 0.05) is 10.7 Å². The molecular formula is C18H17ClN2O2. The van der Waals surface area contributed by atoms with Crippen LogP contribution in [0, 0.1) is 35.5 Å². The lowest BCUT2D eigenvalue weighted by atomic mass is 9.63. The number of amides is 2. The quantitative estimate of drug-likeness (QED) is 0.685. The summed E-state index contributed by atoms with van der Waals surface area (Å²) in [5.74, 6) is 1.64. The van der Waals surface area contributed by atoms with E-state index >= 15 is 0 Å². The molecule has 2 bridgehead atoms. The second kappa shape index (κ2) is 4.60. The van der Waals surface area contributed by atoms with Gasteiger partial charge in [-0.2, -0.15) is 0 Å². The molecule has 5 aliphatic rings. The molecule has 118 valence electrons. The molecule has 1 aromatic carbocycles. The fraction of sp³-hybridized carbons (Fsp3) is 0.444. The summed E-state index contributed by atoms with van der Waals surface area (Å²) in [6.45, 7) is 0.237. The maximum atomic E-state index is 12.8. The van der Waals surface area contributed by atoms with Crippen molar-refractivity contribution >= 4 is 29.1 Å². The van der Waals surface area contributed by atoms with E-state index in [1.54, 1.807) is 12.1 Å². The monoisotopic (exact) mass is 328 g/mol. The third-order valence-corrected chi connectivity index (χ3v) is 6.29. The van der Waals surface area contributed by atoms with Crippen LogP contribution in [0.2, 0.25) is 5.02 Å². The van der Waals surface area contributed by atoms with Crippen molar-refractivity contribution < 1.29 is 9.59 Å². The van der Waals surface area contributed by atoms with Gasteiger partial charge in [0.25, 0.3) is 0 Å². The van der Waals surface area contributed by atoms with Crippen LogP contribution < -0.4 is 5.32 Å². The first-order valence-corrected chi connectivity index (χ1v) is 8.56. The first-order chi connectivity index (χ1) is 11.1. The van der Waals surface area contributed by atoms with E-state index in [1.807, 2.05) is 12.1 Å². The van der Waals surface area contributed by atoms with Crippen LogP contribution in [0.1, 0.15) is 6.42 Å². The van der Waals surface area contributed by atoms with Gasteiger partial charge in [0.05, 0.1) is 18.5 Å². The normalized spacial score (nSPS) is 39.4. The lowest BCUT2D eigenvalue weighted by Crippen LogP contribution is -2.40. The molecule has 4 nitrogen and oxygen atoms in total. The molecule has 6 rings (SSSR count). The summed E-state index contributed by atoms with van der Waals surface area (Å²) in [5.41, 5.74) is 0.855. The van der Waals surface area contributed by atoms with Crippen molar-refractivity contribution in [2.24, 2.45) is 35.5 Å². The van der Waals surface area contributed by atoms with Crippen molar-refractivity contribution in [3.8, 4) is 0 Å². The van der Waals surface area contributed by atoms with Crippen LogP contribution in [0.4, 0.5) is 5.69 Å². The smallest absolute Gasteiger partial charge is 0.235 e. The Hall–Kier alpha value is -1.81. The molecule has 1 saturated heterocycles. The molecule has 1 aromatic rings. The zero-order valence-corrected chi connectivity index (χ0v) is 13.2. The fourth-order valence-corrected chi connectivity index (χ4v) is 5.04. The third-order valence-electron chi connectivity index (χ3n) is 6.04. The highest BCUT2D eigenvalue weighted by Crippen LogP contribution is 2.65. The lowest BCUT2D eigenvalue weighted by molar-refractivity contribution is -0.139. The van der Waals surface area contributed by atoms with Crippen molar-refractivity contribution in [3.63, 3.8) is 0 Å². The largest absolute Gasteiger partial charge is 0.367 e. The van der Waals surface area contributed by atoms with Gasteiger partial charge in [0.1, 0.15) is 0 Å². The molecule has 1 N–H and O–H groups in total. The number of nitrogens with one attached hydrogen (secondary N) is 1. The number of hydrogen-bond acceptors (Lipinski definition) is 3. The van der Waals surface area contributed by atoms with E-state index in [1.165, 1.54) is 11.3 Å². The number of likely N-dealkylation sites (tertiary alicyclic amines) is 1. The van der Waals surface area contributed by atoms with Gasteiger partial charge in [-0.05, 0) is 54.4 Å². The van der Waals surface area contributed by atoms with Crippen molar-refractivity contribution in [1.29, 1.82) is 0 Å². The second-order valence-electron chi connectivity index (χ2n) is 7.10. The Morgan fingerprint density at radius 1 is 1.00 bits per heavy atom. The second-order valence-corrected chi connectivity index (χ2v) is 7.54. The van der Waals surface area contributed by atoms with E-state index in [0.29, 0.717) is 16.9 Å². The number of halogens is 1. The van der Waals surface area contributed by atoms with Gasteiger partial charge >= 0.3 is 0 Å². The average Bonchev–Trinajstić information content (AvgIpc) is 3.33. The predicted octanol–water partition coefficient (Wildman–Crippen LogP) is 2.76. The van der Waals surface area contributed by atoms with Gasteiger partial charge in [0.15, 0.2) is 0 Å². The Kier molecular flexibility index (Phi) is 2.72. The van der Waals surface area contributed by atoms with Crippen LogP contribution in [-0.2, 0) is 9.59 Å². The molecule has 0 aromatic heterocycles. The van der Waals surface area contributed by atoms with Crippen LogP contribution >= 0.6 is 11.6 Å². The van der Waals surface area contributed by atoms with Crippen LogP contribution in [-0.4, -0.2) is 23.4 Å². The Morgan fingerprint density at radius 2 is 1.57 bits per heavy atom. The number of hydrogen-bond donors (Lipinski definition) is 1. The summed E-state index contributed by atoms with van der Waals surface area (Å²) in [6.07, 6.45) is 5.58. The Morgan fingerprint density at radius 3 is 2.13 bits per heavy atom. The minimum Gasteiger partial charge on any atom is -0.367 e. The molecule has 2 saturated carbocycles. The molecule has 23 heavy (non-hydrogen) atoms. The zero-order chi connectivity index (χ0) is 15.7. The summed E-state index contributed by atoms with van der Waals surface area (Å²) in [7, 11) is 0. The Bertz CT molecular complexity index is 693. The standard InChI is InChI=1S/C18H17ClN2O2/c19-9-1-3-10(4-2-9)20-8-21-17(22)15-11-5-6-12(14-7-13(11)14)16(15)18(21)23/h1-6,11-16,20H,7-8H2/t11-,12-,13-,14-,15-,16+/m1/s1. The number of rotatable bonds is 3. The highest BCUT2D eigenvalue weighted by atomic mass is 35.5. The number of carbonyl (C=O) groups excluding carboxylic acids is 2. The molecule has 1 heterocycles. The highest BCUT2D eigenvalue weighted by molar-refractivity contribution is 6.30. The number of carbonyl (C=O) groups is 2. The van der Waals surface area contributed by atoms with Crippen molar-refractivity contribution in [2.75, 3.05) is 12.0 Å². The lowest BCUT2D eigenvalue weighted by Gasteiger charge is -2.37. The average molecular weight is 329 g/mol.